The molecule has 0 saturated carbocycles. The summed E-state index contributed by atoms with van der Waals surface area (Å²) >= 11 is 0. The molecule has 0 bridgehead atoms. The molecule has 0 unspecified atom stereocenters. The van der Waals surface area contributed by atoms with Crippen LogP contribution < -0.4 is 0 Å². The first-order valence-corrected chi connectivity index (χ1v) is 2.00. The molecule has 0 saturated heterocycles. The largest absolute Gasteiger partial charge is 3.00 e. The second kappa shape index (κ2) is 5.35. The molecule has 0 spiro atoms. The van der Waals surface area contributed by atoms with Gasteiger partial charge in [-0.2, -0.15) is 0 Å². The van der Waals surface area contributed by atoms with Crippen LogP contribution in [-0.4, -0.2) is 23.0 Å². The van der Waals surface area contributed by atoms with Gasteiger partial charge in [-0.15, -0.1) is 0 Å². The fourth-order valence-corrected chi connectivity index (χ4v) is 0. The van der Waals surface area contributed by atoms with Gasteiger partial charge >= 0.3 is 41.7 Å². The smallest absolute Gasteiger partial charge is 0.759 e. The zero-order chi connectivity index (χ0) is 4.50. The Morgan fingerprint density at radius 1 is 1.14 bits per heavy atom. The van der Waals surface area contributed by atoms with E-state index < -0.39 is 10.4 Å². The third-order valence-corrected chi connectivity index (χ3v) is 0. The second-order valence-corrected chi connectivity index (χ2v) is 1.22. The summed E-state index contributed by atoms with van der Waals surface area (Å²) in [5.41, 5.74) is 0. The van der Waals surface area contributed by atoms with Crippen molar-refractivity contribution in [2.24, 2.45) is 0 Å². The minimum atomic E-state index is -5.17. The van der Waals surface area contributed by atoms with Crippen LogP contribution in [0.2, 0.25) is 0 Å². The van der Waals surface area contributed by atoms with E-state index >= 15 is 0 Å². The van der Waals surface area contributed by atoms with Crippen molar-refractivity contribution in [2.45, 2.75) is 0 Å². The molecule has 5 nitrogen and oxygen atoms in total. The minimum absolute atomic E-state index is 0. The Morgan fingerprint density at radius 3 is 1.14 bits per heavy atom. The van der Waals surface area contributed by atoms with Gasteiger partial charge in [0.1, 0.15) is 0 Å². The predicted octanol–water partition coefficient (Wildman–Crippen LogP) is -2.16. The molecule has 0 aromatic rings. The van der Waals surface area contributed by atoms with Crippen molar-refractivity contribution < 1.29 is 64.7 Å². The zero-order valence-corrected chi connectivity index (χ0v) is 7.00. The third kappa shape index (κ3) is 134. The third-order valence-electron chi connectivity index (χ3n) is 0. The maximum absolute atomic E-state index is 8.52. The number of rotatable bonds is 0. The summed E-state index contributed by atoms with van der Waals surface area (Å²) in [5, 5.41) is 0. The van der Waals surface area contributed by atoms with Gasteiger partial charge in [0.15, 0.2) is 0 Å². The summed E-state index contributed by atoms with van der Waals surface area (Å²) in [6.07, 6.45) is 0. The molecule has 0 amide bonds. The standard InChI is InChI=1S/Ce.H2O4S.H2O/c;1-5(2,3)4;/h;(H2,1,2,3,4);1H2/q+3;;/p-2. The molecular weight excluding hydrogens is 252 g/mol. The van der Waals surface area contributed by atoms with Gasteiger partial charge in [-0.05, 0) is 0 Å². The van der Waals surface area contributed by atoms with Crippen molar-refractivity contribution in [1.29, 1.82) is 0 Å². The van der Waals surface area contributed by atoms with Gasteiger partial charge < -0.3 is 14.6 Å². The first kappa shape index (κ1) is 15.7. The fraction of sp³-hybridized carbons (Fsp3) is 0. The van der Waals surface area contributed by atoms with E-state index in [2.05, 4.69) is 0 Å². The Bertz CT molecular complexity index is 91.2. The van der Waals surface area contributed by atoms with E-state index in [9.17, 15) is 0 Å². The molecule has 0 atom stereocenters. The van der Waals surface area contributed by atoms with Gasteiger partial charge in [0.25, 0.3) is 0 Å². The van der Waals surface area contributed by atoms with E-state index in [0.29, 0.717) is 0 Å². The molecule has 0 aromatic carbocycles. The Labute approximate surface area is 74.4 Å². The molecule has 1 radical (unpaired) electrons. The molecule has 0 fully saturated rings. The molecule has 41 valence electrons. The molecule has 0 aliphatic heterocycles. The Morgan fingerprint density at radius 2 is 1.14 bits per heavy atom. The van der Waals surface area contributed by atoms with Crippen LogP contribution >= 0.6 is 0 Å². The van der Waals surface area contributed by atoms with Crippen molar-refractivity contribution >= 4 is 10.4 Å². The van der Waals surface area contributed by atoms with Gasteiger partial charge in [0, 0.05) is 10.4 Å². The van der Waals surface area contributed by atoms with Gasteiger partial charge in [0.2, 0.25) is 0 Å². The van der Waals surface area contributed by atoms with Crippen molar-refractivity contribution in [2.75, 3.05) is 0 Å². The quantitative estimate of drug-likeness (QED) is 0.362. The SMILES string of the molecule is O.O=S(=O)([O-])[O-].[Ce+3]. The monoisotopic (exact) mass is 254 g/mol. The van der Waals surface area contributed by atoms with Gasteiger partial charge in [-0.3, -0.25) is 8.42 Å². The van der Waals surface area contributed by atoms with Crippen LogP contribution in [0, 0.1) is 41.7 Å². The molecular formula is H2CeO5S+. The molecule has 0 heterocycles. The molecule has 0 aliphatic carbocycles. The first-order chi connectivity index (χ1) is 2.00. The summed E-state index contributed by atoms with van der Waals surface area (Å²) in [7, 11) is -5.17. The van der Waals surface area contributed by atoms with E-state index in [-0.39, 0.29) is 47.2 Å². The molecule has 7 heteroatoms. The van der Waals surface area contributed by atoms with Crippen molar-refractivity contribution in [3.05, 3.63) is 0 Å². The molecule has 0 rings (SSSR count). The van der Waals surface area contributed by atoms with E-state index in [4.69, 9.17) is 17.5 Å². The van der Waals surface area contributed by atoms with Gasteiger partial charge in [-0.25, -0.2) is 0 Å². The van der Waals surface area contributed by atoms with Gasteiger partial charge in [0.05, 0.1) is 0 Å². The van der Waals surface area contributed by atoms with Crippen LogP contribution in [0.1, 0.15) is 0 Å². The molecule has 2 N–H and O–H groups in total. The average Bonchev–Trinajstić information content (AvgIpc) is 0.722. The van der Waals surface area contributed by atoms with E-state index in [1.165, 1.54) is 0 Å². The van der Waals surface area contributed by atoms with Crippen LogP contribution in [-0.2, 0) is 10.4 Å². The zero-order valence-electron chi connectivity index (χ0n) is 3.04. The molecule has 0 aromatic heterocycles. The van der Waals surface area contributed by atoms with Crippen LogP contribution in [0.25, 0.3) is 0 Å². The summed E-state index contributed by atoms with van der Waals surface area (Å²) in [4.78, 5) is 0. The maximum atomic E-state index is 8.52. The Balaban J connectivity index is -0.0000000800. The minimum Gasteiger partial charge on any atom is -0.759 e. The Hall–Kier alpha value is 1.21. The summed E-state index contributed by atoms with van der Waals surface area (Å²) < 4.78 is 34.1. The van der Waals surface area contributed by atoms with E-state index in [0.717, 1.165) is 0 Å². The van der Waals surface area contributed by atoms with Crippen LogP contribution in [0.15, 0.2) is 0 Å². The average molecular weight is 254 g/mol. The van der Waals surface area contributed by atoms with Crippen molar-refractivity contribution in [3.63, 3.8) is 0 Å². The normalized spacial score (nSPS) is 8.29. The van der Waals surface area contributed by atoms with Crippen molar-refractivity contribution in [1.82, 2.24) is 0 Å². The first-order valence-electron chi connectivity index (χ1n) is 0.667. The van der Waals surface area contributed by atoms with Crippen LogP contribution in [0.3, 0.4) is 0 Å². The fourth-order valence-electron chi connectivity index (χ4n) is 0. The van der Waals surface area contributed by atoms with E-state index in [1.54, 1.807) is 0 Å². The van der Waals surface area contributed by atoms with E-state index in [1.807, 2.05) is 0 Å². The topological polar surface area (TPSA) is 112 Å². The number of hydrogen-bond donors (Lipinski definition) is 0. The summed E-state index contributed by atoms with van der Waals surface area (Å²) in [5.74, 6) is 0. The molecule has 0 aliphatic rings. The summed E-state index contributed by atoms with van der Waals surface area (Å²) in [6.45, 7) is 0. The van der Waals surface area contributed by atoms with Crippen LogP contribution in [0.5, 0.6) is 0 Å². The van der Waals surface area contributed by atoms with Gasteiger partial charge in [-0.1, -0.05) is 0 Å². The molecule has 7 heavy (non-hydrogen) atoms. The Kier molecular flexibility index (Phi) is 12.0. The maximum Gasteiger partial charge on any atom is 3.00 e. The van der Waals surface area contributed by atoms with Crippen molar-refractivity contribution in [3.8, 4) is 0 Å². The number of hydrogen-bond acceptors (Lipinski definition) is 4. The predicted molar refractivity (Wildman–Crippen MR) is 14.1 cm³/mol. The summed E-state index contributed by atoms with van der Waals surface area (Å²) in [6, 6.07) is 0. The second-order valence-electron chi connectivity index (χ2n) is 0.408. The van der Waals surface area contributed by atoms with Crippen LogP contribution in [0.4, 0.5) is 0 Å².